The highest BCUT2D eigenvalue weighted by Crippen LogP contribution is 2.24. The van der Waals surface area contributed by atoms with Crippen molar-refractivity contribution in [2.24, 2.45) is 0 Å². The number of carbonyl (C=O) groups excluding carboxylic acids is 1. The predicted molar refractivity (Wildman–Crippen MR) is 64.2 cm³/mol. The minimum atomic E-state index is -0.0876. The highest BCUT2D eigenvalue weighted by atomic mass is 16.1. The Labute approximate surface area is 104 Å². The Kier molecular flexibility index (Phi) is 2.66. The van der Waals surface area contributed by atoms with Gasteiger partial charge < -0.3 is 4.90 Å². The Morgan fingerprint density at radius 1 is 1.39 bits per heavy atom. The molecule has 0 radical (unpaired) electrons. The molecular weight excluding hydrogens is 232 g/mol. The molecule has 0 aromatic carbocycles. The van der Waals surface area contributed by atoms with E-state index in [1.165, 1.54) is 0 Å². The number of Topliss-reactive ketones (excluding diaryl/α,β-unsaturated/α-hetero) is 1. The molecule has 2 aromatic heterocycles. The number of fused-ring (bicyclic) bond motifs is 1. The zero-order valence-corrected chi connectivity index (χ0v) is 10.2. The van der Waals surface area contributed by atoms with Gasteiger partial charge in [0.15, 0.2) is 17.2 Å². The molecule has 0 amide bonds. The van der Waals surface area contributed by atoms with Crippen molar-refractivity contribution in [2.45, 2.75) is 32.2 Å². The van der Waals surface area contributed by atoms with Crippen LogP contribution in [0.5, 0.6) is 0 Å². The Morgan fingerprint density at radius 2 is 2.28 bits per heavy atom. The van der Waals surface area contributed by atoms with Crippen LogP contribution in [-0.4, -0.2) is 43.4 Å². The number of ketones is 1. The lowest BCUT2D eigenvalue weighted by molar-refractivity contribution is -0.118. The third-order valence-electron chi connectivity index (χ3n) is 3.36. The van der Waals surface area contributed by atoms with Crippen molar-refractivity contribution < 1.29 is 4.79 Å². The number of carbonyl (C=O) groups is 1. The molecule has 2 aromatic rings. The monoisotopic (exact) mass is 246 g/mol. The van der Waals surface area contributed by atoms with Crippen molar-refractivity contribution in [3.63, 3.8) is 0 Å². The summed E-state index contributed by atoms with van der Waals surface area (Å²) in [4.78, 5) is 17.9. The molecular formula is C11H14N6O. The zero-order chi connectivity index (χ0) is 12.5. The summed E-state index contributed by atoms with van der Waals surface area (Å²) in [6.45, 7) is 2.47. The van der Waals surface area contributed by atoms with E-state index < -0.39 is 0 Å². The van der Waals surface area contributed by atoms with E-state index in [9.17, 15) is 4.79 Å². The third-order valence-corrected chi connectivity index (χ3v) is 3.36. The summed E-state index contributed by atoms with van der Waals surface area (Å²) < 4.78 is 1.63. The molecule has 0 spiro atoms. The largest absolute Gasteiger partial charge is 0.345 e. The predicted octanol–water partition coefficient (Wildman–Crippen LogP) is 0.467. The first-order valence-electron chi connectivity index (χ1n) is 6.06. The van der Waals surface area contributed by atoms with Crippen LogP contribution in [0, 0.1) is 0 Å². The summed E-state index contributed by atoms with van der Waals surface area (Å²) in [5.41, 5.74) is 0.598. The van der Waals surface area contributed by atoms with Gasteiger partial charge in [0.2, 0.25) is 0 Å². The van der Waals surface area contributed by atoms with E-state index in [0.717, 1.165) is 31.6 Å². The number of anilines is 1. The summed E-state index contributed by atoms with van der Waals surface area (Å²) >= 11 is 0. The molecule has 1 unspecified atom stereocenters. The smallest absolute Gasteiger partial charge is 0.199 e. The number of aromatic nitrogens is 5. The Hall–Kier alpha value is -2.05. The third kappa shape index (κ3) is 1.71. The first-order chi connectivity index (χ1) is 8.77. The van der Waals surface area contributed by atoms with Crippen LogP contribution in [0.4, 0.5) is 5.82 Å². The van der Waals surface area contributed by atoms with Gasteiger partial charge in [0.1, 0.15) is 0 Å². The van der Waals surface area contributed by atoms with Crippen LogP contribution >= 0.6 is 0 Å². The second-order valence-electron chi connectivity index (χ2n) is 4.53. The molecule has 0 aliphatic carbocycles. The first-order valence-corrected chi connectivity index (χ1v) is 6.06. The van der Waals surface area contributed by atoms with Gasteiger partial charge in [-0.1, -0.05) is 0 Å². The second-order valence-corrected chi connectivity index (χ2v) is 4.53. The Bertz CT molecular complexity index is 580. The number of hydrogen-bond acceptors (Lipinski definition) is 6. The van der Waals surface area contributed by atoms with Crippen molar-refractivity contribution in [1.29, 1.82) is 0 Å². The van der Waals surface area contributed by atoms with Gasteiger partial charge in [0.05, 0.1) is 18.4 Å². The van der Waals surface area contributed by atoms with Crippen molar-refractivity contribution in [3.8, 4) is 0 Å². The lowest BCUT2D eigenvalue weighted by Gasteiger charge is -2.35. The fourth-order valence-corrected chi connectivity index (χ4v) is 2.49. The van der Waals surface area contributed by atoms with E-state index in [1.807, 2.05) is 0 Å². The van der Waals surface area contributed by atoms with Crippen LogP contribution < -0.4 is 4.90 Å². The number of tetrazole rings is 1. The van der Waals surface area contributed by atoms with Crippen LogP contribution in [0.3, 0.4) is 0 Å². The number of nitrogens with zero attached hydrogens (tertiary/aromatic N) is 6. The van der Waals surface area contributed by atoms with Crippen molar-refractivity contribution in [2.75, 3.05) is 11.4 Å². The van der Waals surface area contributed by atoms with Crippen LogP contribution in [-0.2, 0) is 4.79 Å². The molecule has 1 atom stereocenters. The fourth-order valence-electron chi connectivity index (χ4n) is 2.49. The first kappa shape index (κ1) is 11.1. The van der Waals surface area contributed by atoms with E-state index in [1.54, 1.807) is 23.8 Å². The molecule has 3 rings (SSSR count). The maximum Gasteiger partial charge on any atom is 0.199 e. The van der Waals surface area contributed by atoms with Gasteiger partial charge in [0.25, 0.3) is 0 Å². The highest BCUT2D eigenvalue weighted by molar-refractivity contribution is 5.85. The summed E-state index contributed by atoms with van der Waals surface area (Å²) in [7, 11) is 0. The molecule has 7 nitrogen and oxygen atoms in total. The minimum Gasteiger partial charge on any atom is -0.345 e. The fraction of sp³-hybridized carbons (Fsp3) is 0.545. The summed E-state index contributed by atoms with van der Waals surface area (Å²) in [6, 6.07) is -0.0876. The maximum atomic E-state index is 11.7. The molecule has 1 aliphatic heterocycles. The zero-order valence-electron chi connectivity index (χ0n) is 10.2. The van der Waals surface area contributed by atoms with Crippen LogP contribution in [0.15, 0.2) is 12.4 Å². The molecule has 0 saturated carbocycles. The molecule has 18 heavy (non-hydrogen) atoms. The molecule has 1 saturated heterocycles. The minimum absolute atomic E-state index is 0.0876. The van der Waals surface area contributed by atoms with E-state index in [2.05, 4.69) is 25.4 Å². The van der Waals surface area contributed by atoms with Crippen LogP contribution in [0.2, 0.25) is 0 Å². The Balaban J connectivity index is 2.06. The number of hydrogen-bond donors (Lipinski definition) is 0. The maximum absolute atomic E-state index is 11.7. The van der Waals surface area contributed by atoms with Gasteiger partial charge in [-0.05, 0) is 36.6 Å². The average molecular weight is 246 g/mol. The van der Waals surface area contributed by atoms with Gasteiger partial charge >= 0.3 is 0 Å². The molecule has 3 heterocycles. The molecule has 1 aliphatic rings. The molecule has 0 bridgehead atoms. The number of piperidine rings is 1. The molecule has 7 heteroatoms. The Morgan fingerprint density at radius 3 is 3.11 bits per heavy atom. The van der Waals surface area contributed by atoms with E-state index in [0.29, 0.717) is 5.65 Å². The second kappa shape index (κ2) is 4.32. The lowest BCUT2D eigenvalue weighted by Crippen LogP contribution is -2.44. The normalized spacial score (nSPS) is 20.3. The van der Waals surface area contributed by atoms with Gasteiger partial charge in [-0.15, -0.1) is 5.10 Å². The highest BCUT2D eigenvalue weighted by Gasteiger charge is 2.28. The van der Waals surface area contributed by atoms with Crippen LogP contribution in [0.1, 0.15) is 26.2 Å². The van der Waals surface area contributed by atoms with Gasteiger partial charge in [0, 0.05) is 6.54 Å². The van der Waals surface area contributed by atoms with Crippen molar-refractivity contribution in [1.82, 2.24) is 25.0 Å². The van der Waals surface area contributed by atoms with Crippen LogP contribution in [0.25, 0.3) is 5.65 Å². The van der Waals surface area contributed by atoms with E-state index in [4.69, 9.17) is 0 Å². The molecule has 94 valence electrons. The quantitative estimate of drug-likeness (QED) is 0.766. The van der Waals surface area contributed by atoms with Gasteiger partial charge in [-0.3, -0.25) is 9.78 Å². The van der Waals surface area contributed by atoms with E-state index >= 15 is 0 Å². The SMILES string of the molecule is CC(=O)C1CCCCN1c1cncc2nnnn12. The van der Waals surface area contributed by atoms with Crippen molar-refractivity contribution >= 4 is 17.2 Å². The molecule has 1 fully saturated rings. The topological polar surface area (TPSA) is 76.3 Å². The standard InChI is InChI=1S/C11H14N6O/c1-8(18)9-4-2-3-5-16(9)11-7-12-6-10-13-14-15-17(10)11/h6-7,9H,2-5H2,1H3. The summed E-state index contributed by atoms with van der Waals surface area (Å²) in [5, 5.41) is 11.5. The number of rotatable bonds is 2. The lowest BCUT2D eigenvalue weighted by atomic mass is 9.99. The molecule has 0 N–H and O–H groups in total. The van der Waals surface area contributed by atoms with Gasteiger partial charge in [-0.2, -0.15) is 4.52 Å². The van der Waals surface area contributed by atoms with Crippen molar-refractivity contribution in [3.05, 3.63) is 12.4 Å². The van der Waals surface area contributed by atoms with E-state index in [-0.39, 0.29) is 11.8 Å². The summed E-state index contributed by atoms with van der Waals surface area (Å²) in [6.07, 6.45) is 6.36. The van der Waals surface area contributed by atoms with Gasteiger partial charge in [-0.25, -0.2) is 0 Å². The average Bonchev–Trinajstić information content (AvgIpc) is 2.86. The summed E-state index contributed by atoms with van der Waals surface area (Å²) in [5.74, 6) is 0.970.